The van der Waals surface area contributed by atoms with E-state index in [0.717, 1.165) is 41.2 Å². The molecule has 0 aliphatic heterocycles. The largest absolute Gasteiger partial charge is 0.481 e. The molecule has 1 aromatic heterocycles. The zero-order chi connectivity index (χ0) is 19.9. The van der Waals surface area contributed by atoms with Crippen molar-refractivity contribution >= 4 is 5.97 Å². The first-order valence-electron chi connectivity index (χ1n) is 9.17. The van der Waals surface area contributed by atoms with E-state index in [0.29, 0.717) is 0 Å². The van der Waals surface area contributed by atoms with Gasteiger partial charge in [-0.25, -0.2) is 9.48 Å². The highest BCUT2D eigenvalue weighted by Gasteiger charge is 2.10. The first-order chi connectivity index (χ1) is 13.6. The van der Waals surface area contributed by atoms with Gasteiger partial charge in [0.25, 0.3) is 0 Å². The number of ether oxygens (including phenoxy) is 2. The molecule has 0 spiro atoms. The van der Waals surface area contributed by atoms with Gasteiger partial charge in [0.15, 0.2) is 6.61 Å². The van der Waals surface area contributed by atoms with E-state index >= 15 is 0 Å². The van der Waals surface area contributed by atoms with Crippen LogP contribution in [0.1, 0.15) is 22.3 Å². The summed E-state index contributed by atoms with van der Waals surface area (Å²) in [5.41, 5.74) is 5.41. The number of carbonyl (C=O) groups is 1. The van der Waals surface area contributed by atoms with Crippen LogP contribution in [0, 0.1) is 13.8 Å². The van der Waals surface area contributed by atoms with Crippen LogP contribution in [0.2, 0.25) is 0 Å². The maximum Gasteiger partial charge on any atom is 0.343 e. The average Bonchev–Trinajstić information content (AvgIpc) is 3.22. The quantitative estimate of drug-likeness (QED) is 0.608. The first-order valence-corrected chi connectivity index (χ1v) is 9.17. The van der Waals surface area contributed by atoms with Gasteiger partial charge in [-0.15, -0.1) is 0 Å². The van der Waals surface area contributed by atoms with Crippen molar-refractivity contribution in [1.82, 2.24) is 15.1 Å². The summed E-state index contributed by atoms with van der Waals surface area (Å²) < 4.78 is 12.1. The van der Waals surface area contributed by atoms with Crippen LogP contribution in [0.25, 0.3) is 5.69 Å². The second kappa shape index (κ2) is 9.19. The highest BCUT2D eigenvalue weighted by atomic mass is 16.6. The summed E-state index contributed by atoms with van der Waals surface area (Å²) in [5.74, 6) is 0.346. The van der Waals surface area contributed by atoms with E-state index in [1.54, 1.807) is 6.20 Å². The zero-order valence-corrected chi connectivity index (χ0v) is 16.4. The minimum atomic E-state index is -0.389. The van der Waals surface area contributed by atoms with E-state index in [9.17, 15) is 4.79 Å². The lowest BCUT2D eigenvalue weighted by atomic mass is 10.1. The molecular formula is C22H25N3O3. The highest BCUT2D eigenvalue weighted by molar-refractivity contribution is 5.71. The Bertz CT molecular complexity index is 913. The van der Waals surface area contributed by atoms with E-state index in [1.807, 2.05) is 42.9 Å². The van der Waals surface area contributed by atoms with Gasteiger partial charge >= 0.3 is 5.97 Å². The number of aromatic nitrogens is 2. The predicted molar refractivity (Wildman–Crippen MR) is 108 cm³/mol. The summed E-state index contributed by atoms with van der Waals surface area (Å²) in [4.78, 5) is 11.3. The molecule has 0 saturated heterocycles. The number of esters is 1. The molecule has 0 aliphatic rings. The van der Waals surface area contributed by atoms with Gasteiger partial charge in [0.1, 0.15) is 5.75 Å². The molecule has 6 heteroatoms. The summed E-state index contributed by atoms with van der Waals surface area (Å²) in [6.45, 7) is 5.34. The molecule has 0 bridgehead atoms. The third kappa shape index (κ3) is 4.78. The first kappa shape index (κ1) is 19.6. The molecule has 3 aromatic rings. The molecule has 0 atom stereocenters. The van der Waals surface area contributed by atoms with Crippen molar-refractivity contribution in [1.29, 1.82) is 0 Å². The third-order valence-corrected chi connectivity index (χ3v) is 4.47. The number of rotatable bonds is 8. The maximum atomic E-state index is 11.3. The van der Waals surface area contributed by atoms with Crippen LogP contribution in [0.15, 0.2) is 54.9 Å². The van der Waals surface area contributed by atoms with Gasteiger partial charge in [-0.1, -0.05) is 30.3 Å². The van der Waals surface area contributed by atoms with Gasteiger partial charge in [0, 0.05) is 25.5 Å². The van der Waals surface area contributed by atoms with Crippen LogP contribution in [0.3, 0.4) is 0 Å². The van der Waals surface area contributed by atoms with Crippen molar-refractivity contribution in [2.75, 3.05) is 13.7 Å². The monoisotopic (exact) mass is 379 g/mol. The Hall–Kier alpha value is -3.12. The van der Waals surface area contributed by atoms with Gasteiger partial charge in [-0.05, 0) is 48.2 Å². The summed E-state index contributed by atoms with van der Waals surface area (Å²) in [7, 11) is 1.35. The summed E-state index contributed by atoms with van der Waals surface area (Å²) in [5, 5.41) is 7.82. The fourth-order valence-corrected chi connectivity index (χ4v) is 3.20. The predicted octanol–water partition coefficient (Wildman–Crippen LogP) is 3.33. The number of nitrogens with one attached hydrogen (secondary N) is 1. The van der Waals surface area contributed by atoms with Gasteiger partial charge in [-0.2, -0.15) is 5.10 Å². The van der Waals surface area contributed by atoms with Crippen molar-refractivity contribution in [2.24, 2.45) is 0 Å². The summed E-state index contributed by atoms with van der Waals surface area (Å²) in [6, 6.07) is 14.3. The zero-order valence-electron chi connectivity index (χ0n) is 16.4. The van der Waals surface area contributed by atoms with E-state index in [1.165, 1.54) is 12.7 Å². The van der Waals surface area contributed by atoms with Crippen molar-refractivity contribution in [3.63, 3.8) is 0 Å². The molecule has 2 aromatic carbocycles. The van der Waals surface area contributed by atoms with Crippen LogP contribution in [-0.2, 0) is 22.6 Å². The van der Waals surface area contributed by atoms with E-state index in [4.69, 9.17) is 4.74 Å². The fourth-order valence-electron chi connectivity index (χ4n) is 3.20. The topological polar surface area (TPSA) is 65.4 Å². The lowest BCUT2D eigenvalue weighted by Crippen LogP contribution is -2.16. The molecule has 0 radical (unpaired) electrons. The Labute approximate surface area is 165 Å². The minimum absolute atomic E-state index is 0.0833. The number of carbonyl (C=O) groups excluding carboxylic acids is 1. The van der Waals surface area contributed by atoms with E-state index in [-0.39, 0.29) is 12.6 Å². The molecule has 28 heavy (non-hydrogen) atoms. The molecule has 1 heterocycles. The molecule has 0 saturated carbocycles. The lowest BCUT2D eigenvalue weighted by molar-refractivity contribution is -0.142. The number of para-hydroxylation sites is 1. The summed E-state index contributed by atoms with van der Waals surface area (Å²) in [6.07, 6.45) is 3.72. The average molecular weight is 379 g/mol. The van der Waals surface area contributed by atoms with Crippen LogP contribution in [0.5, 0.6) is 5.75 Å². The number of nitrogens with zero attached hydrogens (tertiary/aromatic N) is 2. The molecule has 0 aliphatic carbocycles. The second-order valence-corrected chi connectivity index (χ2v) is 6.61. The Balaban J connectivity index is 1.64. The molecule has 0 fully saturated rings. The molecule has 3 rings (SSSR count). The number of hydrogen-bond acceptors (Lipinski definition) is 5. The van der Waals surface area contributed by atoms with Gasteiger partial charge < -0.3 is 14.8 Å². The van der Waals surface area contributed by atoms with Crippen LogP contribution >= 0.6 is 0 Å². The molecular weight excluding hydrogens is 354 g/mol. The lowest BCUT2D eigenvalue weighted by Gasteiger charge is -2.14. The van der Waals surface area contributed by atoms with Gasteiger partial charge in [0.05, 0.1) is 12.8 Å². The number of hydrogen-bond donors (Lipinski definition) is 1. The van der Waals surface area contributed by atoms with Crippen LogP contribution < -0.4 is 10.1 Å². The molecule has 0 unspecified atom stereocenters. The van der Waals surface area contributed by atoms with Crippen molar-refractivity contribution in [2.45, 2.75) is 26.9 Å². The number of methoxy groups -OCH3 is 1. The van der Waals surface area contributed by atoms with Crippen molar-refractivity contribution in [3.8, 4) is 11.4 Å². The minimum Gasteiger partial charge on any atom is -0.481 e. The smallest absolute Gasteiger partial charge is 0.343 e. The number of aryl methyl sites for hydroxylation is 2. The Morgan fingerprint density at radius 1 is 1.11 bits per heavy atom. The van der Waals surface area contributed by atoms with Crippen molar-refractivity contribution < 1.29 is 14.3 Å². The molecule has 0 amide bonds. The van der Waals surface area contributed by atoms with Crippen LogP contribution in [0.4, 0.5) is 0 Å². The van der Waals surface area contributed by atoms with Crippen molar-refractivity contribution in [3.05, 3.63) is 77.1 Å². The van der Waals surface area contributed by atoms with Gasteiger partial charge in [-0.3, -0.25) is 0 Å². The SMILES string of the molecule is COC(=O)COc1c(C)cc(CNCc2ccccc2-n2cccn2)cc1C. The third-order valence-electron chi connectivity index (χ3n) is 4.47. The van der Waals surface area contributed by atoms with Gasteiger partial charge in [0.2, 0.25) is 0 Å². The fraction of sp³-hybridized carbons (Fsp3) is 0.273. The Kier molecular flexibility index (Phi) is 6.45. The standard InChI is InChI=1S/C22H25N3O3/c1-16-11-18(12-17(2)22(16)28-15-21(26)27-3)13-23-14-19-7-4-5-8-20(19)25-10-6-9-24-25/h4-12,23H,13-15H2,1-3H3. The van der Waals surface area contributed by atoms with E-state index < -0.39 is 0 Å². The number of benzene rings is 2. The van der Waals surface area contributed by atoms with E-state index in [2.05, 4.69) is 39.4 Å². The second-order valence-electron chi connectivity index (χ2n) is 6.61. The maximum absolute atomic E-state index is 11.3. The molecule has 1 N–H and O–H groups in total. The molecule has 6 nitrogen and oxygen atoms in total. The summed E-state index contributed by atoms with van der Waals surface area (Å²) >= 11 is 0. The normalized spacial score (nSPS) is 10.7. The molecule has 146 valence electrons. The Morgan fingerprint density at radius 3 is 2.54 bits per heavy atom. The Morgan fingerprint density at radius 2 is 1.86 bits per heavy atom. The highest BCUT2D eigenvalue weighted by Crippen LogP contribution is 2.25. The van der Waals surface area contributed by atoms with Crippen LogP contribution in [-0.4, -0.2) is 29.5 Å².